The highest BCUT2D eigenvalue weighted by Crippen LogP contribution is 2.40. The molecule has 0 aromatic carbocycles. The Kier molecular flexibility index (Phi) is 4.39. The molecule has 7 heteroatoms. The van der Waals surface area contributed by atoms with Crippen molar-refractivity contribution in [3.05, 3.63) is 29.6 Å². The van der Waals surface area contributed by atoms with Crippen LogP contribution in [0.15, 0.2) is 18.3 Å². The fourth-order valence-electron chi connectivity index (χ4n) is 2.01. The molecule has 1 fully saturated rings. The first-order valence-electron chi connectivity index (χ1n) is 6.52. The van der Waals surface area contributed by atoms with E-state index >= 15 is 0 Å². The highest BCUT2D eigenvalue weighted by atomic mass is 32.2. The molecular weight excluding hydrogens is 278 g/mol. The Bertz CT molecular complexity index is 597. The number of aromatic nitrogens is 1. The number of carbonyl (C=O) groups excluding carboxylic acids is 1. The number of rotatable bonds is 6. The number of amides is 1. The molecule has 0 bridgehead atoms. The number of sulfonamides is 1. The van der Waals surface area contributed by atoms with Crippen LogP contribution in [0.4, 0.5) is 0 Å². The van der Waals surface area contributed by atoms with E-state index in [2.05, 4.69) is 15.0 Å². The Morgan fingerprint density at radius 2 is 2.20 bits per heavy atom. The van der Waals surface area contributed by atoms with Gasteiger partial charge in [0, 0.05) is 6.20 Å². The minimum absolute atomic E-state index is 0.135. The van der Waals surface area contributed by atoms with Gasteiger partial charge in [0.15, 0.2) is 0 Å². The third-order valence-corrected chi connectivity index (χ3v) is 3.83. The molecule has 6 nitrogen and oxygen atoms in total. The molecule has 2 rings (SSSR count). The van der Waals surface area contributed by atoms with Gasteiger partial charge in [-0.25, -0.2) is 13.1 Å². The van der Waals surface area contributed by atoms with Crippen LogP contribution in [0.2, 0.25) is 0 Å². The van der Waals surface area contributed by atoms with Crippen LogP contribution >= 0.6 is 0 Å². The Morgan fingerprint density at radius 3 is 2.75 bits per heavy atom. The first kappa shape index (κ1) is 14.9. The molecule has 1 heterocycles. The van der Waals surface area contributed by atoms with Gasteiger partial charge >= 0.3 is 0 Å². The average Bonchev–Trinajstić information content (AvgIpc) is 3.17. The molecule has 1 aromatic rings. The van der Waals surface area contributed by atoms with Crippen LogP contribution in [0, 0.1) is 12.8 Å². The van der Waals surface area contributed by atoms with E-state index < -0.39 is 10.0 Å². The topological polar surface area (TPSA) is 88.2 Å². The predicted octanol–water partition coefficient (Wildman–Crippen LogP) is 0.507. The van der Waals surface area contributed by atoms with Gasteiger partial charge in [0.05, 0.1) is 24.5 Å². The summed E-state index contributed by atoms with van der Waals surface area (Å²) in [5.41, 5.74) is 1.92. The molecule has 1 aliphatic carbocycles. The summed E-state index contributed by atoms with van der Waals surface area (Å²) in [5, 5.41) is 2.87. The Labute approximate surface area is 119 Å². The molecule has 2 N–H and O–H groups in total. The summed E-state index contributed by atoms with van der Waals surface area (Å²) < 4.78 is 24.1. The second-order valence-corrected chi connectivity index (χ2v) is 7.07. The van der Waals surface area contributed by atoms with E-state index in [1.165, 1.54) is 0 Å². The number of hydrogen-bond donors (Lipinski definition) is 2. The average molecular weight is 297 g/mol. The lowest BCUT2D eigenvalue weighted by Crippen LogP contribution is -2.39. The van der Waals surface area contributed by atoms with Crippen LogP contribution in [0.1, 0.15) is 30.1 Å². The standard InChI is InChI=1S/C13H19N3O3S/c1-9-5-6-14-11(7-9)13(10-3-4-10)16-12(17)8-15-20(2,18)19/h5-7,10,13,15H,3-4,8H2,1-2H3,(H,16,17). The van der Waals surface area contributed by atoms with Crippen molar-refractivity contribution < 1.29 is 13.2 Å². The van der Waals surface area contributed by atoms with Gasteiger partial charge in [0.25, 0.3) is 0 Å². The molecular formula is C13H19N3O3S. The smallest absolute Gasteiger partial charge is 0.235 e. The number of aryl methyl sites for hydroxylation is 1. The lowest BCUT2D eigenvalue weighted by molar-refractivity contribution is -0.120. The summed E-state index contributed by atoms with van der Waals surface area (Å²) in [6, 6.07) is 3.72. The highest BCUT2D eigenvalue weighted by molar-refractivity contribution is 7.88. The molecule has 110 valence electrons. The number of pyridine rings is 1. The van der Waals surface area contributed by atoms with Gasteiger partial charge in [-0.2, -0.15) is 0 Å². The summed E-state index contributed by atoms with van der Waals surface area (Å²) in [6.45, 7) is 1.73. The maximum absolute atomic E-state index is 11.8. The fourth-order valence-corrected chi connectivity index (χ4v) is 2.41. The molecule has 1 saturated carbocycles. The van der Waals surface area contributed by atoms with Crippen molar-refractivity contribution in [1.82, 2.24) is 15.0 Å². The molecule has 1 aromatic heterocycles. The normalized spacial score (nSPS) is 16.7. The van der Waals surface area contributed by atoms with Crippen LogP contribution in [0.3, 0.4) is 0 Å². The number of carbonyl (C=O) groups is 1. The second-order valence-electron chi connectivity index (χ2n) is 5.23. The van der Waals surface area contributed by atoms with E-state index in [-0.39, 0.29) is 18.5 Å². The van der Waals surface area contributed by atoms with Crippen molar-refractivity contribution in [1.29, 1.82) is 0 Å². The van der Waals surface area contributed by atoms with E-state index in [0.29, 0.717) is 5.92 Å². The molecule has 1 amide bonds. The van der Waals surface area contributed by atoms with Gasteiger partial charge in [-0.1, -0.05) is 0 Å². The van der Waals surface area contributed by atoms with E-state index in [1.54, 1.807) is 6.20 Å². The lowest BCUT2D eigenvalue weighted by Gasteiger charge is -2.18. The van der Waals surface area contributed by atoms with Crippen LogP contribution in [-0.2, 0) is 14.8 Å². The van der Waals surface area contributed by atoms with Gasteiger partial charge in [-0.15, -0.1) is 0 Å². The van der Waals surface area contributed by atoms with E-state index in [0.717, 1.165) is 30.4 Å². The van der Waals surface area contributed by atoms with Crippen LogP contribution in [-0.4, -0.2) is 32.1 Å². The SMILES string of the molecule is Cc1ccnc(C(NC(=O)CNS(C)(=O)=O)C2CC2)c1. The minimum Gasteiger partial charge on any atom is -0.346 e. The summed E-state index contributed by atoms with van der Waals surface area (Å²) in [5.74, 6) is 0.0575. The van der Waals surface area contributed by atoms with Gasteiger partial charge in [0.2, 0.25) is 15.9 Å². The Morgan fingerprint density at radius 1 is 1.50 bits per heavy atom. The van der Waals surface area contributed by atoms with Crippen molar-refractivity contribution in [2.24, 2.45) is 5.92 Å². The quantitative estimate of drug-likeness (QED) is 0.800. The first-order chi connectivity index (χ1) is 9.35. The van der Waals surface area contributed by atoms with Gasteiger partial charge in [0.1, 0.15) is 0 Å². The molecule has 0 saturated heterocycles. The van der Waals surface area contributed by atoms with Gasteiger partial charge in [-0.05, 0) is 43.4 Å². The van der Waals surface area contributed by atoms with Crippen molar-refractivity contribution >= 4 is 15.9 Å². The van der Waals surface area contributed by atoms with Gasteiger partial charge in [-0.3, -0.25) is 9.78 Å². The molecule has 0 aliphatic heterocycles. The number of nitrogens with zero attached hydrogens (tertiary/aromatic N) is 1. The van der Waals surface area contributed by atoms with Crippen molar-refractivity contribution in [3.63, 3.8) is 0 Å². The minimum atomic E-state index is -3.36. The summed E-state index contributed by atoms with van der Waals surface area (Å²) >= 11 is 0. The monoisotopic (exact) mass is 297 g/mol. The maximum atomic E-state index is 11.8. The summed E-state index contributed by atoms with van der Waals surface area (Å²) in [7, 11) is -3.36. The maximum Gasteiger partial charge on any atom is 0.235 e. The zero-order chi connectivity index (χ0) is 14.8. The predicted molar refractivity (Wildman–Crippen MR) is 75.4 cm³/mol. The number of hydrogen-bond acceptors (Lipinski definition) is 4. The van der Waals surface area contributed by atoms with Crippen LogP contribution in [0.25, 0.3) is 0 Å². The van der Waals surface area contributed by atoms with E-state index in [4.69, 9.17) is 0 Å². The Balaban J connectivity index is 2.01. The zero-order valence-electron chi connectivity index (χ0n) is 11.6. The van der Waals surface area contributed by atoms with Gasteiger partial charge < -0.3 is 5.32 Å². The highest BCUT2D eigenvalue weighted by Gasteiger charge is 2.34. The zero-order valence-corrected chi connectivity index (χ0v) is 12.4. The van der Waals surface area contributed by atoms with Crippen LogP contribution in [0.5, 0.6) is 0 Å². The second kappa shape index (κ2) is 5.88. The van der Waals surface area contributed by atoms with Crippen molar-refractivity contribution in [2.45, 2.75) is 25.8 Å². The van der Waals surface area contributed by atoms with Crippen LogP contribution < -0.4 is 10.0 Å². The largest absolute Gasteiger partial charge is 0.346 e. The van der Waals surface area contributed by atoms with E-state index in [9.17, 15) is 13.2 Å². The molecule has 20 heavy (non-hydrogen) atoms. The molecule has 0 radical (unpaired) electrons. The lowest BCUT2D eigenvalue weighted by atomic mass is 10.1. The molecule has 1 atom stereocenters. The molecule has 0 spiro atoms. The van der Waals surface area contributed by atoms with Crippen molar-refractivity contribution in [2.75, 3.05) is 12.8 Å². The third kappa shape index (κ3) is 4.57. The summed E-state index contributed by atoms with van der Waals surface area (Å²) in [6.07, 6.45) is 4.86. The van der Waals surface area contributed by atoms with E-state index in [1.807, 2.05) is 19.1 Å². The first-order valence-corrected chi connectivity index (χ1v) is 8.41. The molecule has 1 unspecified atom stereocenters. The number of nitrogens with one attached hydrogen (secondary N) is 2. The third-order valence-electron chi connectivity index (χ3n) is 3.16. The fraction of sp³-hybridized carbons (Fsp3) is 0.538. The summed E-state index contributed by atoms with van der Waals surface area (Å²) in [4.78, 5) is 16.1. The molecule has 1 aliphatic rings. The van der Waals surface area contributed by atoms with Crippen molar-refractivity contribution in [3.8, 4) is 0 Å². The Hall–Kier alpha value is -1.47.